The summed E-state index contributed by atoms with van der Waals surface area (Å²) in [7, 11) is 0. The molecule has 1 atom stereocenters. The SMILES string of the molecule is O=[N+]([O-])c1ccc(N/N=C/C(Cl)(Cl)CC(Cl)CO)c([N+](=O)[O-])c1. The molecule has 0 aromatic heterocycles. The minimum Gasteiger partial charge on any atom is -0.395 e. The lowest BCUT2D eigenvalue weighted by molar-refractivity contribution is -0.393. The van der Waals surface area contributed by atoms with E-state index in [0.717, 1.165) is 24.4 Å². The lowest BCUT2D eigenvalue weighted by Crippen LogP contribution is -2.23. The molecule has 0 amide bonds. The Balaban J connectivity index is 2.90. The van der Waals surface area contributed by atoms with Crippen molar-refractivity contribution in [2.75, 3.05) is 12.0 Å². The molecule has 1 rings (SSSR count). The molecule has 0 bridgehead atoms. The zero-order chi connectivity index (χ0) is 17.6. The number of nitro groups is 2. The van der Waals surface area contributed by atoms with Crippen LogP contribution in [0.1, 0.15) is 6.42 Å². The third kappa shape index (κ3) is 6.14. The summed E-state index contributed by atoms with van der Waals surface area (Å²) in [6, 6.07) is 3.02. The molecule has 0 spiro atoms. The fourth-order valence-electron chi connectivity index (χ4n) is 1.49. The number of hydrazone groups is 1. The van der Waals surface area contributed by atoms with Gasteiger partial charge in [-0.1, -0.05) is 23.2 Å². The minimum absolute atomic E-state index is 0.0122. The first-order chi connectivity index (χ1) is 10.7. The van der Waals surface area contributed by atoms with Crippen LogP contribution in [-0.2, 0) is 0 Å². The van der Waals surface area contributed by atoms with Gasteiger partial charge in [-0.05, 0) is 6.07 Å². The van der Waals surface area contributed by atoms with Gasteiger partial charge < -0.3 is 5.11 Å². The lowest BCUT2D eigenvalue weighted by Gasteiger charge is -2.16. The van der Waals surface area contributed by atoms with Crippen LogP contribution in [0.3, 0.4) is 0 Å². The Morgan fingerprint density at radius 2 is 2.00 bits per heavy atom. The van der Waals surface area contributed by atoms with Crippen LogP contribution >= 0.6 is 34.8 Å². The van der Waals surface area contributed by atoms with Gasteiger partial charge in [0.15, 0.2) is 4.33 Å². The van der Waals surface area contributed by atoms with Gasteiger partial charge in [0.2, 0.25) is 0 Å². The monoisotopic (exact) mass is 384 g/mol. The van der Waals surface area contributed by atoms with Gasteiger partial charge >= 0.3 is 5.69 Å². The van der Waals surface area contributed by atoms with E-state index in [0.29, 0.717) is 0 Å². The number of alkyl halides is 3. The van der Waals surface area contributed by atoms with E-state index in [1.165, 1.54) is 0 Å². The van der Waals surface area contributed by atoms with Crippen molar-refractivity contribution >= 4 is 58.1 Å². The first-order valence-electron chi connectivity index (χ1n) is 6.02. The molecule has 0 fully saturated rings. The quantitative estimate of drug-likeness (QED) is 0.306. The topological polar surface area (TPSA) is 131 Å². The maximum absolute atomic E-state index is 10.9. The average Bonchev–Trinajstić information content (AvgIpc) is 2.46. The Hall–Kier alpha value is -1.68. The Labute approximate surface area is 145 Å². The van der Waals surface area contributed by atoms with Gasteiger partial charge in [-0.15, -0.1) is 11.6 Å². The molecule has 1 aromatic carbocycles. The Bertz CT molecular complexity index is 626. The molecule has 0 saturated carbocycles. The van der Waals surface area contributed by atoms with E-state index in [4.69, 9.17) is 39.9 Å². The molecule has 12 heteroatoms. The van der Waals surface area contributed by atoms with Crippen molar-refractivity contribution in [2.24, 2.45) is 5.10 Å². The summed E-state index contributed by atoms with van der Waals surface area (Å²) in [6.45, 7) is -0.335. The molecule has 0 aliphatic heterocycles. The summed E-state index contributed by atoms with van der Waals surface area (Å²) in [6.07, 6.45) is 1.04. The Morgan fingerprint density at radius 3 is 2.52 bits per heavy atom. The van der Waals surface area contributed by atoms with Crippen LogP contribution in [0.25, 0.3) is 0 Å². The van der Waals surface area contributed by atoms with Crippen LogP contribution in [-0.4, -0.2) is 37.5 Å². The van der Waals surface area contributed by atoms with E-state index in [-0.39, 0.29) is 18.7 Å². The lowest BCUT2D eigenvalue weighted by atomic mass is 10.2. The number of halogens is 3. The fraction of sp³-hybridized carbons (Fsp3) is 0.364. The van der Waals surface area contributed by atoms with E-state index >= 15 is 0 Å². The van der Waals surface area contributed by atoms with Gasteiger partial charge in [-0.2, -0.15) is 5.10 Å². The maximum atomic E-state index is 10.9. The number of nitrogens with one attached hydrogen (secondary N) is 1. The normalized spacial score (nSPS) is 13.0. The van der Waals surface area contributed by atoms with Gasteiger partial charge in [0, 0.05) is 12.5 Å². The van der Waals surface area contributed by atoms with Crippen molar-refractivity contribution in [3.8, 4) is 0 Å². The predicted octanol–water partition coefficient (Wildman–Crippen LogP) is 3.06. The highest BCUT2D eigenvalue weighted by Crippen LogP contribution is 2.30. The predicted molar refractivity (Wildman–Crippen MR) is 87.6 cm³/mol. The largest absolute Gasteiger partial charge is 0.395 e. The zero-order valence-electron chi connectivity index (χ0n) is 11.4. The third-order valence-electron chi connectivity index (χ3n) is 2.52. The fourth-order valence-corrected chi connectivity index (χ4v) is 2.36. The number of hydrogen-bond acceptors (Lipinski definition) is 7. The van der Waals surface area contributed by atoms with Crippen LogP contribution in [0.15, 0.2) is 23.3 Å². The highest BCUT2D eigenvalue weighted by atomic mass is 35.5. The molecule has 0 aliphatic rings. The summed E-state index contributed by atoms with van der Waals surface area (Å²) >= 11 is 17.5. The number of non-ortho nitro benzene ring substituents is 1. The summed E-state index contributed by atoms with van der Waals surface area (Å²) in [5.74, 6) is 0. The maximum Gasteiger partial charge on any atom is 0.301 e. The number of hydrogen-bond donors (Lipinski definition) is 2. The van der Waals surface area contributed by atoms with Gasteiger partial charge in [-0.25, -0.2) is 0 Å². The zero-order valence-corrected chi connectivity index (χ0v) is 13.6. The molecule has 9 nitrogen and oxygen atoms in total. The van der Waals surface area contributed by atoms with E-state index in [2.05, 4.69) is 10.5 Å². The molecule has 1 aromatic rings. The Kier molecular flexibility index (Phi) is 6.95. The number of benzene rings is 1. The molecule has 0 aliphatic carbocycles. The summed E-state index contributed by atoms with van der Waals surface area (Å²) < 4.78 is -1.50. The van der Waals surface area contributed by atoms with Crippen LogP contribution in [0.2, 0.25) is 0 Å². The number of rotatable bonds is 8. The van der Waals surface area contributed by atoms with Crippen molar-refractivity contribution in [3.05, 3.63) is 38.4 Å². The Morgan fingerprint density at radius 1 is 1.35 bits per heavy atom. The highest BCUT2D eigenvalue weighted by molar-refractivity contribution is 6.56. The summed E-state index contributed by atoms with van der Waals surface area (Å²) in [5, 5.41) is 33.4. The standard InChI is InChI=1S/C11H11Cl3N4O5/c12-7(5-19)4-11(13,14)6-15-16-9-2-1-8(17(20)21)3-10(9)18(22)23/h1-3,6-7,16,19H,4-5H2/b15-6+. The number of aliphatic hydroxyl groups is 1. The second-order valence-electron chi connectivity index (χ2n) is 4.33. The van der Waals surface area contributed by atoms with Crippen molar-refractivity contribution < 1.29 is 15.0 Å². The summed E-state index contributed by atoms with van der Waals surface area (Å²) in [4.78, 5) is 20.0. The second kappa shape index (κ2) is 8.25. The number of nitro benzene ring substituents is 2. The first-order valence-corrected chi connectivity index (χ1v) is 7.21. The molecule has 23 heavy (non-hydrogen) atoms. The molecular weight excluding hydrogens is 375 g/mol. The molecular formula is C11H11Cl3N4O5. The van der Waals surface area contributed by atoms with Gasteiger partial charge in [0.25, 0.3) is 5.69 Å². The number of aliphatic hydroxyl groups excluding tert-OH is 1. The molecule has 2 N–H and O–H groups in total. The molecule has 0 saturated heterocycles. The molecule has 126 valence electrons. The molecule has 0 radical (unpaired) electrons. The van der Waals surface area contributed by atoms with Crippen molar-refractivity contribution in [1.29, 1.82) is 0 Å². The van der Waals surface area contributed by atoms with Crippen LogP contribution in [0.5, 0.6) is 0 Å². The number of anilines is 1. The van der Waals surface area contributed by atoms with E-state index in [1.807, 2.05) is 0 Å². The van der Waals surface area contributed by atoms with E-state index < -0.39 is 30.9 Å². The van der Waals surface area contributed by atoms with Crippen molar-refractivity contribution in [1.82, 2.24) is 0 Å². The highest BCUT2D eigenvalue weighted by Gasteiger charge is 2.26. The van der Waals surface area contributed by atoms with E-state index in [9.17, 15) is 20.2 Å². The van der Waals surface area contributed by atoms with Crippen LogP contribution in [0, 0.1) is 20.2 Å². The van der Waals surface area contributed by atoms with Gasteiger partial charge in [-0.3, -0.25) is 25.7 Å². The van der Waals surface area contributed by atoms with E-state index in [1.54, 1.807) is 0 Å². The minimum atomic E-state index is -1.50. The number of nitrogens with zero attached hydrogens (tertiary/aromatic N) is 3. The molecule has 1 unspecified atom stereocenters. The van der Waals surface area contributed by atoms with Crippen molar-refractivity contribution in [3.63, 3.8) is 0 Å². The van der Waals surface area contributed by atoms with Gasteiger partial charge in [0.1, 0.15) is 5.69 Å². The molecule has 0 heterocycles. The smallest absolute Gasteiger partial charge is 0.301 e. The third-order valence-corrected chi connectivity index (χ3v) is 3.32. The summed E-state index contributed by atoms with van der Waals surface area (Å²) in [5.41, 5.74) is 1.30. The second-order valence-corrected chi connectivity index (χ2v) is 6.49. The van der Waals surface area contributed by atoms with Crippen LogP contribution in [0.4, 0.5) is 17.1 Å². The van der Waals surface area contributed by atoms with Gasteiger partial charge in [0.05, 0.1) is 34.1 Å². The first kappa shape index (κ1) is 19.4. The average molecular weight is 386 g/mol. The van der Waals surface area contributed by atoms with Crippen molar-refractivity contribution in [2.45, 2.75) is 16.1 Å². The van der Waals surface area contributed by atoms with Crippen LogP contribution < -0.4 is 5.43 Å².